The average Bonchev–Trinajstić information content (AvgIpc) is 2.76. The fraction of sp³-hybridized carbons (Fsp3) is 0.600. The highest BCUT2D eigenvalue weighted by Gasteiger charge is 2.21. The zero-order valence-corrected chi connectivity index (χ0v) is 11.5. The van der Waals surface area contributed by atoms with Crippen LogP contribution in [0.5, 0.6) is 0 Å². The van der Waals surface area contributed by atoms with Crippen LogP contribution in [-0.4, -0.2) is 24.0 Å². The molecule has 0 aromatic heterocycles. The lowest BCUT2D eigenvalue weighted by Gasteiger charge is -2.35. The maximum Gasteiger partial charge on any atom is 0.0373 e. The summed E-state index contributed by atoms with van der Waals surface area (Å²) < 4.78 is 0. The van der Waals surface area contributed by atoms with Crippen LogP contribution in [0.15, 0.2) is 18.2 Å². The smallest absolute Gasteiger partial charge is 0.0373 e. The minimum atomic E-state index is 0.275. The third-order valence-electron chi connectivity index (χ3n) is 4.20. The Balaban J connectivity index is 2.09. The van der Waals surface area contributed by atoms with Crippen LogP contribution in [0.25, 0.3) is 0 Å². The lowest BCUT2D eigenvalue weighted by atomic mass is 9.98. The molecule has 17 heavy (non-hydrogen) atoms. The number of benzene rings is 1. The Morgan fingerprint density at radius 3 is 2.82 bits per heavy atom. The second-order valence-corrected chi connectivity index (χ2v) is 5.69. The van der Waals surface area contributed by atoms with Crippen LogP contribution < -0.4 is 5.32 Å². The molecule has 0 saturated carbocycles. The Labute approximate surface area is 105 Å². The molecule has 2 rings (SSSR count). The average molecular weight is 232 g/mol. The fourth-order valence-corrected chi connectivity index (χ4v) is 2.21. The van der Waals surface area contributed by atoms with E-state index >= 15 is 0 Å². The summed E-state index contributed by atoms with van der Waals surface area (Å²) in [6.07, 6.45) is 2.35. The number of anilines is 1. The Hall–Kier alpha value is -1.02. The van der Waals surface area contributed by atoms with Gasteiger partial charge in [-0.05, 0) is 50.9 Å². The SMILES string of the molecule is CCC(C)(C)N(C)Cc1ccc2c(c1)CCN2. The van der Waals surface area contributed by atoms with Gasteiger partial charge in [-0.2, -0.15) is 0 Å². The van der Waals surface area contributed by atoms with E-state index in [2.05, 4.69) is 56.2 Å². The Kier molecular flexibility index (Phi) is 3.43. The summed E-state index contributed by atoms with van der Waals surface area (Å²) in [6, 6.07) is 6.83. The third-order valence-corrected chi connectivity index (χ3v) is 4.20. The minimum absolute atomic E-state index is 0.275. The van der Waals surface area contributed by atoms with Gasteiger partial charge in [0.2, 0.25) is 0 Å². The minimum Gasteiger partial charge on any atom is -0.384 e. The molecule has 94 valence electrons. The summed E-state index contributed by atoms with van der Waals surface area (Å²) in [5, 5.41) is 3.41. The van der Waals surface area contributed by atoms with E-state index in [1.54, 1.807) is 0 Å². The van der Waals surface area contributed by atoms with Gasteiger partial charge in [-0.25, -0.2) is 0 Å². The molecular weight excluding hydrogens is 208 g/mol. The van der Waals surface area contributed by atoms with Gasteiger partial charge < -0.3 is 5.32 Å². The van der Waals surface area contributed by atoms with Crippen molar-refractivity contribution in [2.75, 3.05) is 18.9 Å². The van der Waals surface area contributed by atoms with E-state index < -0.39 is 0 Å². The van der Waals surface area contributed by atoms with Crippen molar-refractivity contribution in [1.29, 1.82) is 0 Å². The molecule has 0 radical (unpaired) electrons. The first kappa shape index (κ1) is 12.4. The molecule has 0 saturated heterocycles. The molecule has 1 heterocycles. The summed E-state index contributed by atoms with van der Waals surface area (Å²) in [6.45, 7) is 9.00. The number of nitrogens with zero attached hydrogens (tertiary/aromatic N) is 1. The van der Waals surface area contributed by atoms with Gasteiger partial charge in [-0.1, -0.05) is 19.1 Å². The molecule has 1 aromatic rings. The predicted octanol–water partition coefficient (Wildman–Crippen LogP) is 3.28. The van der Waals surface area contributed by atoms with Crippen molar-refractivity contribution in [2.24, 2.45) is 0 Å². The van der Waals surface area contributed by atoms with Crippen LogP contribution >= 0.6 is 0 Å². The zero-order chi connectivity index (χ0) is 12.5. The molecule has 2 heteroatoms. The molecule has 0 fully saturated rings. The summed E-state index contributed by atoms with van der Waals surface area (Å²) >= 11 is 0. The van der Waals surface area contributed by atoms with Crippen molar-refractivity contribution in [3.63, 3.8) is 0 Å². The topological polar surface area (TPSA) is 15.3 Å². The molecule has 1 N–H and O–H groups in total. The van der Waals surface area contributed by atoms with Gasteiger partial charge in [0.15, 0.2) is 0 Å². The number of rotatable bonds is 4. The molecule has 1 aromatic carbocycles. The van der Waals surface area contributed by atoms with Crippen LogP contribution in [0.1, 0.15) is 38.3 Å². The van der Waals surface area contributed by atoms with Crippen molar-refractivity contribution < 1.29 is 0 Å². The highest BCUT2D eigenvalue weighted by molar-refractivity contribution is 5.56. The summed E-state index contributed by atoms with van der Waals surface area (Å²) in [4.78, 5) is 2.44. The largest absolute Gasteiger partial charge is 0.384 e. The van der Waals surface area contributed by atoms with Crippen molar-refractivity contribution in [1.82, 2.24) is 4.90 Å². The van der Waals surface area contributed by atoms with Crippen molar-refractivity contribution in [3.8, 4) is 0 Å². The highest BCUT2D eigenvalue weighted by atomic mass is 15.2. The molecule has 0 aliphatic carbocycles. The number of hydrogen-bond acceptors (Lipinski definition) is 2. The molecule has 0 amide bonds. The van der Waals surface area contributed by atoms with E-state index in [0.717, 1.165) is 13.1 Å². The number of hydrogen-bond donors (Lipinski definition) is 1. The second kappa shape index (κ2) is 4.69. The number of nitrogens with one attached hydrogen (secondary N) is 1. The van der Waals surface area contributed by atoms with Crippen LogP contribution in [-0.2, 0) is 13.0 Å². The zero-order valence-electron chi connectivity index (χ0n) is 11.5. The molecule has 0 spiro atoms. The van der Waals surface area contributed by atoms with E-state index in [9.17, 15) is 0 Å². The van der Waals surface area contributed by atoms with E-state index in [4.69, 9.17) is 0 Å². The predicted molar refractivity (Wildman–Crippen MR) is 74.5 cm³/mol. The number of fused-ring (bicyclic) bond motifs is 1. The fourth-order valence-electron chi connectivity index (χ4n) is 2.21. The van der Waals surface area contributed by atoms with E-state index in [1.807, 2.05) is 0 Å². The first-order valence-electron chi connectivity index (χ1n) is 6.60. The summed E-state index contributed by atoms with van der Waals surface area (Å²) in [7, 11) is 2.22. The van der Waals surface area contributed by atoms with Gasteiger partial charge in [0.05, 0.1) is 0 Å². The Morgan fingerprint density at radius 2 is 2.12 bits per heavy atom. The van der Waals surface area contributed by atoms with Gasteiger partial charge >= 0.3 is 0 Å². The maximum atomic E-state index is 3.41. The van der Waals surface area contributed by atoms with E-state index in [0.29, 0.717) is 0 Å². The highest BCUT2D eigenvalue weighted by Crippen LogP contribution is 2.25. The van der Waals surface area contributed by atoms with Gasteiger partial charge in [-0.3, -0.25) is 4.90 Å². The lowest BCUT2D eigenvalue weighted by molar-refractivity contribution is 0.143. The van der Waals surface area contributed by atoms with E-state index in [1.165, 1.54) is 29.7 Å². The van der Waals surface area contributed by atoms with Gasteiger partial charge in [0.1, 0.15) is 0 Å². The van der Waals surface area contributed by atoms with E-state index in [-0.39, 0.29) is 5.54 Å². The van der Waals surface area contributed by atoms with Crippen LogP contribution in [0.3, 0.4) is 0 Å². The second-order valence-electron chi connectivity index (χ2n) is 5.69. The van der Waals surface area contributed by atoms with Gasteiger partial charge in [0, 0.05) is 24.3 Å². The van der Waals surface area contributed by atoms with Crippen LogP contribution in [0, 0.1) is 0 Å². The Bertz CT molecular complexity index is 396. The van der Waals surface area contributed by atoms with Crippen molar-refractivity contribution >= 4 is 5.69 Å². The quantitative estimate of drug-likeness (QED) is 0.857. The van der Waals surface area contributed by atoms with Crippen LogP contribution in [0.4, 0.5) is 5.69 Å². The van der Waals surface area contributed by atoms with Crippen LogP contribution in [0.2, 0.25) is 0 Å². The summed E-state index contributed by atoms with van der Waals surface area (Å²) in [5.41, 5.74) is 4.50. The molecule has 1 aliphatic rings. The van der Waals surface area contributed by atoms with Gasteiger partial charge in [-0.15, -0.1) is 0 Å². The normalized spacial score (nSPS) is 14.9. The standard InChI is InChI=1S/C15H24N2/c1-5-15(2,3)17(4)11-12-6-7-14-13(10-12)8-9-16-14/h6-7,10,16H,5,8-9,11H2,1-4H3. The van der Waals surface area contributed by atoms with Crippen molar-refractivity contribution in [3.05, 3.63) is 29.3 Å². The maximum absolute atomic E-state index is 3.41. The lowest BCUT2D eigenvalue weighted by Crippen LogP contribution is -2.39. The monoisotopic (exact) mass is 232 g/mol. The molecule has 0 unspecified atom stereocenters. The first-order chi connectivity index (χ1) is 8.03. The molecule has 0 bridgehead atoms. The Morgan fingerprint density at radius 1 is 1.35 bits per heavy atom. The summed E-state index contributed by atoms with van der Waals surface area (Å²) in [5.74, 6) is 0. The molecule has 0 atom stereocenters. The third kappa shape index (κ3) is 2.63. The van der Waals surface area contributed by atoms with Crippen molar-refractivity contribution in [2.45, 2.75) is 45.7 Å². The van der Waals surface area contributed by atoms with Gasteiger partial charge in [0.25, 0.3) is 0 Å². The molecule has 2 nitrogen and oxygen atoms in total. The molecule has 1 aliphatic heterocycles. The molecular formula is C15H24N2. The first-order valence-corrected chi connectivity index (χ1v) is 6.60.